The maximum absolute atomic E-state index is 5.24. The summed E-state index contributed by atoms with van der Waals surface area (Å²) in [6.45, 7) is 4.85. The van der Waals surface area contributed by atoms with Crippen LogP contribution in [0.1, 0.15) is 24.9 Å². The van der Waals surface area contributed by atoms with Gasteiger partial charge in [-0.3, -0.25) is 9.67 Å². The first-order valence-electron chi connectivity index (χ1n) is 5.74. The van der Waals surface area contributed by atoms with E-state index >= 15 is 0 Å². The van der Waals surface area contributed by atoms with E-state index in [1.165, 1.54) is 0 Å². The SMILES string of the molecule is COCCc1ncc(-c2n[nH]c(=S)n2C(C)C)s1. The summed E-state index contributed by atoms with van der Waals surface area (Å²) < 4.78 is 7.70. The molecule has 0 saturated carbocycles. The molecule has 0 aliphatic heterocycles. The highest BCUT2D eigenvalue weighted by atomic mass is 32.1. The molecule has 0 unspecified atom stereocenters. The summed E-state index contributed by atoms with van der Waals surface area (Å²) in [5, 5.41) is 8.18. The highest BCUT2D eigenvalue weighted by Crippen LogP contribution is 2.26. The van der Waals surface area contributed by atoms with Crippen LogP contribution in [0.5, 0.6) is 0 Å². The van der Waals surface area contributed by atoms with Gasteiger partial charge in [0.15, 0.2) is 10.6 Å². The zero-order valence-electron chi connectivity index (χ0n) is 10.6. The van der Waals surface area contributed by atoms with Crippen LogP contribution in [0.2, 0.25) is 0 Å². The highest BCUT2D eigenvalue weighted by molar-refractivity contribution is 7.71. The summed E-state index contributed by atoms with van der Waals surface area (Å²) in [7, 11) is 1.69. The Balaban J connectivity index is 2.31. The van der Waals surface area contributed by atoms with Crippen molar-refractivity contribution in [1.29, 1.82) is 0 Å². The average Bonchev–Trinajstić information content (AvgIpc) is 2.92. The quantitative estimate of drug-likeness (QED) is 0.858. The molecule has 2 rings (SSSR count). The number of ether oxygens (including phenoxy) is 1. The summed E-state index contributed by atoms with van der Waals surface area (Å²) in [4.78, 5) is 5.41. The molecule has 0 aromatic carbocycles. The van der Waals surface area contributed by atoms with Gasteiger partial charge in [0.2, 0.25) is 0 Å². The number of rotatable bonds is 5. The van der Waals surface area contributed by atoms with E-state index in [1.54, 1.807) is 18.4 Å². The number of hydrogen-bond donors (Lipinski definition) is 1. The minimum Gasteiger partial charge on any atom is -0.384 e. The van der Waals surface area contributed by atoms with Crippen LogP contribution in [0.4, 0.5) is 0 Å². The van der Waals surface area contributed by atoms with E-state index in [0.29, 0.717) is 11.4 Å². The van der Waals surface area contributed by atoms with Crippen molar-refractivity contribution >= 4 is 23.6 Å². The fraction of sp³-hybridized carbons (Fsp3) is 0.545. The second kappa shape index (κ2) is 5.73. The molecule has 0 aliphatic rings. The molecule has 0 radical (unpaired) electrons. The molecule has 0 saturated heterocycles. The lowest BCUT2D eigenvalue weighted by Gasteiger charge is -2.08. The van der Waals surface area contributed by atoms with E-state index in [1.807, 2.05) is 10.8 Å². The molecule has 0 bridgehead atoms. The Hall–Kier alpha value is -1.05. The van der Waals surface area contributed by atoms with E-state index in [4.69, 9.17) is 17.0 Å². The van der Waals surface area contributed by atoms with E-state index in [0.717, 1.165) is 22.1 Å². The van der Waals surface area contributed by atoms with Crippen LogP contribution in [-0.2, 0) is 11.2 Å². The molecule has 18 heavy (non-hydrogen) atoms. The number of hydrogen-bond acceptors (Lipinski definition) is 5. The number of nitrogens with one attached hydrogen (secondary N) is 1. The Kier molecular flexibility index (Phi) is 4.26. The zero-order chi connectivity index (χ0) is 13.1. The van der Waals surface area contributed by atoms with Crippen molar-refractivity contribution in [2.45, 2.75) is 26.3 Å². The predicted molar refractivity (Wildman–Crippen MR) is 74.5 cm³/mol. The summed E-state index contributed by atoms with van der Waals surface area (Å²) in [6, 6.07) is 0.274. The second-order valence-electron chi connectivity index (χ2n) is 4.18. The summed E-state index contributed by atoms with van der Waals surface area (Å²) in [6.07, 6.45) is 2.67. The maximum atomic E-state index is 5.24. The third kappa shape index (κ3) is 2.68. The van der Waals surface area contributed by atoms with E-state index in [-0.39, 0.29) is 6.04 Å². The minimum absolute atomic E-state index is 0.274. The Bertz CT molecular complexity index is 570. The zero-order valence-corrected chi connectivity index (χ0v) is 12.3. The van der Waals surface area contributed by atoms with Crippen molar-refractivity contribution in [3.05, 3.63) is 16.0 Å². The molecule has 98 valence electrons. The third-order valence-electron chi connectivity index (χ3n) is 2.51. The van der Waals surface area contributed by atoms with E-state index in [2.05, 4.69) is 29.0 Å². The first-order chi connectivity index (χ1) is 8.63. The first kappa shape index (κ1) is 13.4. The lowest BCUT2D eigenvalue weighted by atomic mass is 10.3. The van der Waals surface area contributed by atoms with Crippen molar-refractivity contribution in [2.24, 2.45) is 0 Å². The molecular weight excluding hydrogens is 268 g/mol. The van der Waals surface area contributed by atoms with Gasteiger partial charge < -0.3 is 4.74 Å². The summed E-state index contributed by atoms with van der Waals surface area (Å²) >= 11 is 6.87. The molecule has 7 heteroatoms. The van der Waals surface area contributed by atoms with Gasteiger partial charge in [-0.15, -0.1) is 11.3 Å². The fourth-order valence-corrected chi connectivity index (χ4v) is 2.90. The molecule has 0 spiro atoms. The van der Waals surface area contributed by atoms with Crippen molar-refractivity contribution in [3.63, 3.8) is 0 Å². The molecular formula is C11H16N4OS2. The average molecular weight is 284 g/mol. The Morgan fingerprint density at radius 2 is 2.33 bits per heavy atom. The number of thiazole rings is 1. The molecule has 0 atom stereocenters. The van der Waals surface area contributed by atoms with Gasteiger partial charge in [0.05, 0.1) is 16.5 Å². The van der Waals surface area contributed by atoms with Crippen LogP contribution >= 0.6 is 23.6 Å². The lowest BCUT2D eigenvalue weighted by molar-refractivity contribution is 0.202. The van der Waals surface area contributed by atoms with Crippen LogP contribution in [0.25, 0.3) is 10.7 Å². The monoisotopic (exact) mass is 284 g/mol. The van der Waals surface area contributed by atoms with Crippen LogP contribution in [0, 0.1) is 4.77 Å². The van der Waals surface area contributed by atoms with Crippen molar-refractivity contribution in [2.75, 3.05) is 13.7 Å². The largest absolute Gasteiger partial charge is 0.384 e. The van der Waals surface area contributed by atoms with Crippen molar-refractivity contribution in [3.8, 4) is 10.7 Å². The minimum atomic E-state index is 0.274. The van der Waals surface area contributed by atoms with Gasteiger partial charge in [0, 0.05) is 25.8 Å². The third-order valence-corrected chi connectivity index (χ3v) is 3.86. The van der Waals surface area contributed by atoms with Gasteiger partial charge >= 0.3 is 0 Å². The number of H-pyrrole nitrogens is 1. The van der Waals surface area contributed by atoms with E-state index < -0.39 is 0 Å². The Morgan fingerprint density at radius 1 is 1.56 bits per heavy atom. The molecule has 0 amide bonds. The summed E-state index contributed by atoms with van der Waals surface area (Å²) in [5.74, 6) is 0.858. The van der Waals surface area contributed by atoms with Crippen LogP contribution in [-0.4, -0.2) is 33.5 Å². The first-order valence-corrected chi connectivity index (χ1v) is 6.97. The van der Waals surface area contributed by atoms with Crippen LogP contribution in [0.15, 0.2) is 6.20 Å². The van der Waals surface area contributed by atoms with Gasteiger partial charge in [-0.25, -0.2) is 4.98 Å². The lowest BCUT2D eigenvalue weighted by Crippen LogP contribution is -2.02. The van der Waals surface area contributed by atoms with Crippen LogP contribution < -0.4 is 0 Å². The number of aromatic nitrogens is 4. The van der Waals surface area contributed by atoms with Crippen molar-refractivity contribution < 1.29 is 4.74 Å². The topological polar surface area (TPSA) is 55.7 Å². The highest BCUT2D eigenvalue weighted by Gasteiger charge is 2.14. The second-order valence-corrected chi connectivity index (χ2v) is 5.68. The number of aromatic amines is 1. The predicted octanol–water partition coefficient (Wildman–Crippen LogP) is 2.83. The molecule has 2 aromatic rings. The number of nitrogens with zero attached hydrogens (tertiary/aromatic N) is 3. The molecule has 2 aromatic heterocycles. The molecule has 5 nitrogen and oxygen atoms in total. The molecule has 0 fully saturated rings. The van der Waals surface area contributed by atoms with E-state index in [9.17, 15) is 0 Å². The maximum Gasteiger partial charge on any atom is 0.195 e. The van der Waals surface area contributed by atoms with Gasteiger partial charge in [0.25, 0.3) is 0 Å². The van der Waals surface area contributed by atoms with Gasteiger partial charge in [-0.05, 0) is 26.1 Å². The molecule has 2 heterocycles. The Morgan fingerprint density at radius 3 is 3.00 bits per heavy atom. The normalized spacial score (nSPS) is 11.3. The van der Waals surface area contributed by atoms with Gasteiger partial charge in [-0.2, -0.15) is 5.10 Å². The van der Waals surface area contributed by atoms with Crippen molar-refractivity contribution in [1.82, 2.24) is 19.7 Å². The van der Waals surface area contributed by atoms with Gasteiger partial charge in [-0.1, -0.05) is 0 Å². The molecule has 1 N–H and O–H groups in total. The standard InChI is InChI=1S/C11H16N4OS2/c1-7(2)15-10(13-14-11(15)17)8-6-12-9(18-8)4-5-16-3/h6-7H,4-5H2,1-3H3,(H,14,17). The Labute approximate surface area is 115 Å². The number of methoxy groups -OCH3 is 1. The smallest absolute Gasteiger partial charge is 0.195 e. The fourth-order valence-electron chi connectivity index (χ4n) is 1.68. The van der Waals surface area contributed by atoms with Crippen LogP contribution in [0.3, 0.4) is 0 Å². The van der Waals surface area contributed by atoms with Gasteiger partial charge in [0.1, 0.15) is 0 Å². The molecule has 0 aliphatic carbocycles. The summed E-state index contributed by atoms with van der Waals surface area (Å²) in [5.41, 5.74) is 0.